The number of aromatic nitrogens is 6. The largest absolute Gasteiger partial charge is 0.480 e. The SMILES string of the molecule is Cc1cn([C@H]2C[C@H](O)[C@@H](CO)O2)c(=O)[nH]c1=O.NCC(=O)O.O=c1[nH]cnc2nc[nH]c12. The molecule has 15 nitrogen and oxygen atoms in total. The molecule has 1 aliphatic rings. The number of H-pyrrole nitrogens is 3. The number of ether oxygens (including phenoxy) is 1. The molecular formula is C17H23N7O8. The Balaban J connectivity index is 0.000000203. The Morgan fingerprint density at radius 3 is 2.41 bits per heavy atom. The van der Waals surface area contributed by atoms with Crippen molar-refractivity contribution in [3.63, 3.8) is 0 Å². The van der Waals surface area contributed by atoms with Crippen LogP contribution in [0.25, 0.3) is 11.2 Å². The van der Waals surface area contributed by atoms with Gasteiger partial charge >= 0.3 is 11.7 Å². The summed E-state index contributed by atoms with van der Waals surface area (Å²) in [5, 5.41) is 26.1. The van der Waals surface area contributed by atoms with Crippen LogP contribution < -0.4 is 22.5 Å². The molecule has 1 fully saturated rings. The van der Waals surface area contributed by atoms with Crippen molar-refractivity contribution in [2.24, 2.45) is 5.73 Å². The zero-order valence-electron chi connectivity index (χ0n) is 16.9. The highest BCUT2D eigenvalue weighted by molar-refractivity contribution is 5.68. The standard InChI is InChI=1S/C10H14N2O5.C5H4N4O.C2H5NO2/c1-5-3-12(10(16)11-9(5)15)8-2-6(14)7(4-13)17-8;10-5-3-4(7-1-6-3)8-2-9-5;3-1-2(4)5/h3,6-8,13-14H,2,4H2,1H3,(H,11,15,16);1-2H,(H2,6,7,8,9,10);1,3H2,(H,4,5)/t6-,7+,8+;;/m0../s1. The van der Waals surface area contributed by atoms with Crippen molar-refractivity contribution in [3.05, 3.63) is 55.6 Å². The van der Waals surface area contributed by atoms with Crippen LogP contribution in [0.15, 0.2) is 33.2 Å². The molecule has 0 aliphatic carbocycles. The van der Waals surface area contributed by atoms with Crippen LogP contribution >= 0.6 is 0 Å². The summed E-state index contributed by atoms with van der Waals surface area (Å²) in [6, 6.07) is 0. The number of nitrogens with one attached hydrogen (secondary N) is 3. The molecule has 3 aromatic heterocycles. The average molecular weight is 453 g/mol. The molecule has 4 rings (SSSR count). The Hall–Kier alpha value is -3.66. The quantitative estimate of drug-likeness (QED) is 0.213. The number of rotatable bonds is 3. The van der Waals surface area contributed by atoms with Crippen molar-refractivity contribution in [2.45, 2.75) is 31.8 Å². The molecule has 0 spiro atoms. The number of fused-ring (bicyclic) bond motifs is 1. The number of carboxylic acids is 1. The Labute approximate surface area is 178 Å². The number of carbonyl (C=O) groups is 1. The van der Waals surface area contributed by atoms with Gasteiger partial charge in [0.05, 0.1) is 31.9 Å². The predicted molar refractivity (Wildman–Crippen MR) is 109 cm³/mol. The van der Waals surface area contributed by atoms with Gasteiger partial charge in [-0.25, -0.2) is 14.8 Å². The van der Waals surface area contributed by atoms with Gasteiger partial charge in [-0.1, -0.05) is 0 Å². The predicted octanol–water partition coefficient (Wildman–Crippen LogP) is -2.84. The van der Waals surface area contributed by atoms with E-state index in [1.807, 2.05) is 0 Å². The summed E-state index contributed by atoms with van der Waals surface area (Å²) in [7, 11) is 0. The molecule has 3 aromatic rings. The van der Waals surface area contributed by atoms with Gasteiger partial charge in [0.25, 0.3) is 11.1 Å². The number of nitrogens with two attached hydrogens (primary N) is 1. The molecule has 0 unspecified atom stereocenters. The fourth-order valence-corrected chi connectivity index (χ4v) is 2.63. The van der Waals surface area contributed by atoms with E-state index in [0.717, 1.165) is 0 Å². The smallest absolute Gasteiger partial charge is 0.330 e. The van der Waals surface area contributed by atoms with Gasteiger partial charge in [-0.3, -0.25) is 23.9 Å². The summed E-state index contributed by atoms with van der Waals surface area (Å²) in [4.78, 5) is 57.7. The maximum Gasteiger partial charge on any atom is 0.330 e. The van der Waals surface area contributed by atoms with Crippen LogP contribution in [-0.2, 0) is 9.53 Å². The third-order valence-electron chi connectivity index (χ3n) is 4.24. The third kappa shape index (κ3) is 6.17. The van der Waals surface area contributed by atoms with Gasteiger partial charge in [-0.15, -0.1) is 0 Å². The Kier molecular flexibility index (Phi) is 8.54. The summed E-state index contributed by atoms with van der Waals surface area (Å²) >= 11 is 0. The molecule has 0 saturated carbocycles. The molecule has 1 aliphatic heterocycles. The fourth-order valence-electron chi connectivity index (χ4n) is 2.63. The van der Waals surface area contributed by atoms with Gasteiger partial charge in [0.15, 0.2) is 11.2 Å². The van der Waals surface area contributed by atoms with Gasteiger partial charge in [0, 0.05) is 18.2 Å². The molecule has 0 aromatic carbocycles. The van der Waals surface area contributed by atoms with Gasteiger partial charge in [-0.2, -0.15) is 0 Å². The molecule has 4 heterocycles. The minimum atomic E-state index is -0.968. The van der Waals surface area contributed by atoms with E-state index in [2.05, 4.69) is 30.7 Å². The number of imidazole rings is 1. The summed E-state index contributed by atoms with van der Waals surface area (Å²) in [6.07, 6.45) is 2.18. The highest BCUT2D eigenvalue weighted by Gasteiger charge is 2.34. The van der Waals surface area contributed by atoms with E-state index < -0.39 is 35.7 Å². The molecule has 15 heteroatoms. The Morgan fingerprint density at radius 2 is 1.88 bits per heavy atom. The zero-order chi connectivity index (χ0) is 23.8. The van der Waals surface area contributed by atoms with Crippen molar-refractivity contribution < 1.29 is 24.9 Å². The first kappa shape index (κ1) is 24.6. The molecule has 8 N–H and O–H groups in total. The number of hydrogen-bond acceptors (Lipinski definition) is 10. The first-order valence-corrected chi connectivity index (χ1v) is 9.23. The van der Waals surface area contributed by atoms with E-state index in [-0.39, 0.29) is 25.1 Å². The van der Waals surface area contributed by atoms with Crippen molar-refractivity contribution in [1.82, 2.24) is 29.5 Å². The summed E-state index contributed by atoms with van der Waals surface area (Å²) < 4.78 is 6.54. The van der Waals surface area contributed by atoms with E-state index in [0.29, 0.717) is 16.7 Å². The molecule has 0 radical (unpaired) electrons. The number of aryl methyl sites for hydroxylation is 1. The first-order chi connectivity index (χ1) is 15.2. The van der Waals surface area contributed by atoms with Gasteiger partial charge in [0.1, 0.15) is 12.3 Å². The van der Waals surface area contributed by atoms with Crippen LogP contribution in [0.3, 0.4) is 0 Å². The maximum atomic E-state index is 11.6. The molecule has 174 valence electrons. The van der Waals surface area contributed by atoms with E-state index >= 15 is 0 Å². The first-order valence-electron chi connectivity index (χ1n) is 9.23. The van der Waals surface area contributed by atoms with Gasteiger partial charge in [-0.05, 0) is 6.92 Å². The minimum Gasteiger partial charge on any atom is -0.480 e. The highest BCUT2D eigenvalue weighted by Crippen LogP contribution is 2.27. The Bertz CT molecular complexity index is 1210. The third-order valence-corrected chi connectivity index (χ3v) is 4.24. The van der Waals surface area contributed by atoms with Gasteiger partial charge < -0.3 is 35.8 Å². The number of aliphatic hydroxyl groups excluding tert-OH is 2. The summed E-state index contributed by atoms with van der Waals surface area (Å²) in [6.45, 7) is 0.985. The topological polar surface area (TPSA) is 242 Å². The number of aliphatic hydroxyl groups is 2. The molecular weight excluding hydrogens is 430 g/mol. The van der Waals surface area contributed by atoms with Crippen molar-refractivity contribution in [2.75, 3.05) is 13.2 Å². The van der Waals surface area contributed by atoms with Crippen LogP contribution in [0.1, 0.15) is 18.2 Å². The molecule has 0 amide bonds. The molecule has 32 heavy (non-hydrogen) atoms. The zero-order valence-corrected chi connectivity index (χ0v) is 16.9. The van der Waals surface area contributed by atoms with Crippen LogP contribution in [0.4, 0.5) is 0 Å². The number of carboxylic acid groups (broad SMARTS) is 1. The van der Waals surface area contributed by atoms with Crippen LogP contribution in [0.2, 0.25) is 0 Å². The number of aromatic amines is 3. The van der Waals surface area contributed by atoms with Crippen LogP contribution in [0.5, 0.6) is 0 Å². The van der Waals surface area contributed by atoms with E-state index in [1.165, 1.54) is 23.4 Å². The lowest BCUT2D eigenvalue weighted by Gasteiger charge is -2.14. The van der Waals surface area contributed by atoms with E-state index in [9.17, 15) is 24.3 Å². The van der Waals surface area contributed by atoms with Crippen LogP contribution in [-0.4, -0.2) is 76.1 Å². The monoisotopic (exact) mass is 453 g/mol. The van der Waals surface area contributed by atoms with E-state index in [1.54, 1.807) is 6.92 Å². The fraction of sp³-hybridized carbons (Fsp3) is 0.412. The second-order valence-electron chi connectivity index (χ2n) is 6.52. The number of nitrogens with zero attached hydrogens (tertiary/aromatic N) is 3. The minimum absolute atomic E-state index is 0.192. The van der Waals surface area contributed by atoms with Crippen molar-refractivity contribution in [3.8, 4) is 0 Å². The lowest BCUT2D eigenvalue weighted by molar-refractivity contribution is -0.135. The summed E-state index contributed by atoms with van der Waals surface area (Å²) in [5.41, 5.74) is 4.60. The normalized spacial score (nSPS) is 19.6. The van der Waals surface area contributed by atoms with Gasteiger partial charge in [0.2, 0.25) is 0 Å². The lowest BCUT2D eigenvalue weighted by Crippen LogP contribution is -2.33. The summed E-state index contributed by atoms with van der Waals surface area (Å²) in [5.74, 6) is -0.968. The Morgan fingerprint density at radius 1 is 1.25 bits per heavy atom. The highest BCUT2D eigenvalue weighted by atomic mass is 16.5. The maximum absolute atomic E-state index is 11.6. The lowest BCUT2D eigenvalue weighted by atomic mass is 10.2. The van der Waals surface area contributed by atoms with Crippen LogP contribution in [0, 0.1) is 6.92 Å². The number of hydrogen-bond donors (Lipinski definition) is 7. The van der Waals surface area contributed by atoms with Crippen molar-refractivity contribution in [1.29, 1.82) is 0 Å². The molecule has 3 atom stereocenters. The van der Waals surface area contributed by atoms with Crippen molar-refractivity contribution >= 4 is 17.1 Å². The molecule has 1 saturated heterocycles. The van der Waals surface area contributed by atoms with E-state index in [4.69, 9.17) is 14.9 Å². The number of aliphatic carboxylic acids is 1. The molecule has 0 bridgehead atoms. The average Bonchev–Trinajstić information content (AvgIpc) is 3.39. The second-order valence-corrected chi connectivity index (χ2v) is 6.52. The second kappa shape index (κ2) is 11.1.